The van der Waals surface area contributed by atoms with E-state index in [1.54, 1.807) is 17.2 Å². The number of piperidine rings is 1. The molecule has 1 aliphatic rings. The van der Waals surface area contributed by atoms with E-state index in [-0.39, 0.29) is 12.0 Å². The zero-order valence-electron chi connectivity index (χ0n) is 12.3. The zero-order valence-corrected chi connectivity index (χ0v) is 13.0. The number of amides is 1. The van der Waals surface area contributed by atoms with Crippen LogP contribution in [0.2, 0.25) is 5.02 Å². The van der Waals surface area contributed by atoms with Crippen molar-refractivity contribution < 1.29 is 13.9 Å². The Bertz CT molecular complexity index is 741. The summed E-state index contributed by atoms with van der Waals surface area (Å²) in [7, 11) is 0. The minimum absolute atomic E-state index is 0.136. The summed E-state index contributed by atoms with van der Waals surface area (Å²) < 4.78 is 10.6. The van der Waals surface area contributed by atoms with Gasteiger partial charge < -0.3 is 14.1 Å². The maximum absolute atomic E-state index is 12.4. The number of likely N-dealkylation sites (tertiary alicyclic amines) is 1. The third-order valence-corrected chi connectivity index (χ3v) is 3.93. The van der Waals surface area contributed by atoms with Crippen molar-refractivity contribution >= 4 is 17.5 Å². The largest absolute Gasteiger partial charge is 0.487 e. The molecule has 0 bridgehead atoms. The Morgan fingerprint density at radius 1 is 1.39 bits per heavy atom. The second-order valence-corrected chi connectivity index (χ2v) is 5.69. The van der Waals surface area contributed by atoms with Crippen LogP contribution in [0.1, 0.15) is 23.2 Å². The van der Waals surface area contributed by atoms with Crippen LogP contribution in [0.4, 0.5) is 0 Å². The number of rotatable bonds is 3. The third kappa shape index (κ3) is 3.71. The lowest BCUT2D eigenvalue weighted by atomic mass is 10.1. The fourth-order valence-corrected chi connectivity index (χ4v) is 2.68. The number of pyridine rings is 1. The summed E-state index contributed by atoms with van der Waals surface area (Å²) in [6.07, 6.45) is 5.85. The highest BCUT2D eigenvalue weighted by atomic mass is 35.5. The lowest BCUT2D eigenvalue weighted by molar-refractivity contribution is 0.0535. The van der Waals surface area contributed by atoms with Crippen molar-refractivity contribution in [3.8, 4) is 5.75 Å². The van der Waals surface area contributed by atoms with Crippen LogP contribution in [0.5, 0.6) is 5.75 Å². The zero-order chi connectivity index (χ0) is 16.2. The summed E-state index contributed by atoms with van der Waals surface area (Å²) in [5.74, 6) is 0.384. The predicted molar refractivity (Wildman–Crippen MR) is 83.8 cm³/mol. The fraction of sp³-hybridized carbons (Fsp3) is 0.312. The molecule has 1 unspecified atom stereocenters. The van der Waals surface area contributed by atoms with E-state index in [0.717, 1.165) is 12.8 Å². The maximum Gasteiger partial charge on any atom is 0.335 e. The summed E-state index contributed by atoms with van der Waals surface area (Å²) in [5, 5.41) is 0.445. The Labute approximate surface area is 137 Å². The SMILES string of the molecule is O=C(c1ccc(=O)oc1)N1CCCC(Oc2ccncc2Cl)C1. The fourth-order valence-electron chi connectivity index (χ4n) is 2.52. The van der Waals surface area contributed by atoms with Gasteiger partial charge in [-0.05, 0) is 18.9 Å². The predicted octanol–water partition coefficient (Wildman–Crippen LogP) is 2.37. The molecule has 1 atom stereocenters. The number of carbonyl (C=O) groups excluding carboxylic acids is 1. The molecule has 0 aliphatic carbocycles. The van der Waals surface area contributed by atoms with Gasteiger partial charge in [-0.15, -0.1) is 0 Å². The highest BCUT2D eigenvalue weighted by molar-refractivity contribution is 6.31. The number of aromatic nitrogens is 1. The molecule has 0 aromatic carbocycles. The van der Waals surface area contributed by atoms with Crippen LogP contribution in [0.15, 0.2) is 46.1 Å². The van der Waals surface area contributed by atoms with Crippen molar-refractivity contribution in [2.24, 2.45) is 0 Å². The van der Waals surface area contributed by atoms with Gasteiger partial charge >= 0.3 is 5.63 Å². The van der Waals surface area contributed by atoms with Gasteiger partial charge in [-0.2, -0.15) is 0 Å². The molecule has 0 saturated carbocycles. The van der Waals surface area contributed by atoms with Crippen LogP contribution in [-0.2, 0) is 0 Å². The van der Waals surface area contributed by atoms with E-state index >= 15 is 0 Å². The molecule has 1 amide bonds. The van der Waals surface area contributed by atoms with Gasteiger partial charge in [-0.1, -0.05) is 11.6 Å². The van der Waals surface area contributed by atoms with Gasteiger partial charge in [0.25, 0.3) is 5.91 Å². The molecule has 1 aliphatic heterocycles. The molecule has 0 N–H and O–H groups in total. The van der Waals surface area contributed by atoms with Crippen LogP contribution in [0, 0.1) is 0 Å². The van der Waals surface area contributed by atoms with Crippen molar-refractivity contribution in [3.63, 3.8) is 0 Å². The van der Waals surface area contributed by atoms with Crippen molar-refractivity contribution in [2.45, 2.75) is 18.9 Å². The first-order chi connectivity index (χ1) is 11.1. The molecule has 3 rings (SSSR count). The quantitative estimate of drug-likeness (QED) is 0.861. The van der Waals surface area contributed by atoms with Gasteiger partial charge in [0.15, 0.2) is 0 Å². The number of ether oxygens (including phenoxy) is 1. The molecule has 23 heavy (non-hydrogen) atoms. The Morgan fingerprint density at radius 3 is 3.00 bits per heavy atom. The molecule has 6 nitrogen and oxygen atoms in total. The standard InChI is InChI=1S/C16H15ClN2O4/c17-13-8-18-6-5-14(13)23-12-2-1-7-19(9-12)16(21)11-3-4-15(20)22-10-11/h3-6,8,10,12H,1-2,7,9H2. The topological polar surface area (TPSA) is 72.6 Å². The first-order valence-electron chi connectivity index (χ1n) is 7.28. The van der Waals surface area contributed by atoms with Gasteiger partial charge in [-0.3, -0.25) is 9.78 Å². The Hall–Kier alpha value is -2.34. The van der Waals surface area contributed by atoms with E-state index in [9.17, 15) is 9.59 Å². The highest BCUT2D eigenvalue weighted by Crippen LogP contribution is 2.25. The van der Waals surface area contributed by atoms with Crippen molar-refractivity contribution in [1.29, 1.82) is 0 Å². The van der Waals surface area contributed by atoms with Gasteiger partial charge in [0, 0.05) is 31.1 Å². The van der Waals surface area contributed by atoms with Crippen molar-refractivity contribution in [1.82, 2.24) is 9.88 Å². The van der Waals surface area contributed by atoms with Crippen molar-refractivity contribution in [2.75, 3.05) is 13.1 Å². The average molecular weight is 335 g/mol. The van der Waals surface area contributed by atoms with Gasteiger partial charge in [0.2, 0.25) is 0 Å². The van der Waals surface area contributed by atoms with Gasteiger partial charge in [0.1, 0.15) is 23.1 Å². The second kappa shape index (κ2) is 6.83. The molecule has 2 aromatic rings. The molecule has 120 valence electrons. The monoisotopic (exact) mass is 334 g/mol. The molecule has 7 heteroatoms. The van der Waals surface area contributed by atoms with E-state index in [0.29, 0.717) is 29.4 Å². The Morgan fingerprint density at radius 2 is 2.26 bits per heavy atom. The highest BCUT2D eigenvalue weighted by Gasteiger charge is 2.26. The number of halogens is 1. The van der Waals surface area contributed by atoms with Gasteiger partial charge in [-0.25, -0.2) is 4.79 Å². The first-order valence-corrected chi connectivity index (χ1v) is 7.65. The normalized spacial score (nSPS) is 17.8. The number of carbonyl (C=O) groups is 1. The van der Waals surface area contributed by atoms with E-state index in [2.05, 4.69) is 4.98 Å². The van der Waals surface area contributed by atoms with Crippen LogP contribution < -0.4 is 10.4 Å². The van der Waals surface area contributed by atoms with E-state index in [1.165, 1.54) is 24.6 Å². The first kappa shape index (κ1) is 15.6. The molecule has 0 radical (unpaired) electrons. The molecule has 1 saturated heterocycles. The summed E-state index contributed by atoms with van der Waals surface area (Å²) in [4.78, 5) is 29.0. The van der Waals surface area contributed by atoms with E-state index in [1.807, 2.05) is 0 Å². The van der Waals surface area contributed by atoms with Crippen LogP contribution in [0.3, 0.4) is 0 Å². The molecule has 0 spiro atoms. The number of nitrogens with zero attached hydrogens (tertiary/aromatic N) is 2. The third-order valence-electron chi connectivity index (χ3n) is 3.64. The summed E-state index contributed by atoms with van der Waals surface area (Å²) >= 11 is 6.04. The van der Waals surface area contributed by atoms with E-state index < -0.39 is 5.63 Å². The molecule has 2 aromatic heterocycles. The van der Waals surface area contributed by atoms with Crippen LogP contribution in [-0.4, -0.2) is 35.0 Å². The minimum Gasteiger partial charge on any atom is -0.487 e. The smallest absolute Gasteiger partial charge is 0.335 e. The molecular formula is C16H15ClN2O4. The molecular weight excluding hydrogens is 320 g/mol. The lowest BCUT2D eigenvalue weighted by Crippen LogP contribution is -2.44. The summed E-state index contributed by atoms with van der Waals surface area (Å²) in [5.41, 5.74) is -0.124. The summed E-state index contributed by atoms with van der Waals surface area (Å²) in [6, 6.07) is 4.41. The molecule has 1 fully saturated rings. The van der Waals surface area contributed by atoms with Crippen LogP contribution >= 0.6 is 11.6 Å². The summed E-state index contributed by atoms with van der Waals surface area (Å²) in [6.45, 7) is 1.10. The maximum atomic E-state index is 12.4. The Kier molecular flexibility index (Phi) is 4.62. The van der Waals surface area contributed by atoms with Crippen molar-refractivity contribution in [3.05, 3.63) is 57.9 Å². The van der Waals surface area contributed by atoms with E-state index in [4.69, 9.17) is 20.8 Å². The Balaban J connectivity index is 1.68. The lowest BCUT2D eigenvalue weighted by Gasteiger charge is -2.33. The second-order valence-electron chi connectivity index (χ2n) is 5.28. The van der Waals surface area contributed by atoms with Gasteiger partial charge in [0.05, 0.1) is 12.1 Å². The minimum atomic E-state index is -0.478. The number of hydrogen-bond donors (Lipinski definition) is 0. The average Bonchev–Trinajstić information content (AvgIpc) is 2.57. The van der Waals surface area contributed by atoms with Crippen LogP contribution in [0.25, 0.3) is 0 Å². The number of hydrogen-bond acceptors (Lipinski definition) is 5. The molecule has 3 heterocycles.